The van der Waals surface area contributed by atoms with Crippen molar-refractivity contribution >= 4 is 5.97 Å². The summed E-state index contributed by atoms with van der Waals surface area (Å²) in [6.07, 6.45) is 0. The Hall–Kier alpha value is -0.730. The van der Waals surface area contributed by atoms with E-state index < -0.39 is 0 Å². The summed E-state index contributed by atoms with van der Waals surface area (Å²) in [5, 5.41) is 0. The Morgan fingerprint density at radius 1 is 0.840 bits per heavy atom. The van der Waals surface area contributed by atoms with Crippen LogP contribution in [-0.2, 0) is 9.53 Å². The van der Waals surface area contributed by atoms with E-state index in [0.717, 1.165) is 72.0 Å². The number of nitrogens with two attached hydrogens (primary N) is 1. The largest absolute Gasteiger partial charge is 0.468 e. The molecule has 1 unspecified atom stereocenters. The van der Waals surface area contributed by atoms with Gasteiger partial charge in [0.25, 0.3) is 0 Å². The highest BCUT2D eigenvalue weighted by atomic mass is 16.5. The van der Waals surface area contributed by atoms with Gasteiger partial charge in [0.05, 0.1) is 7.11 Å². The zero-order valence-corrected chi connectivity index (χ0v) is 16.7. The van der Waals surface area contributed by atoms with Gasteiger partial charge in [0.15, 0.2) is 0 Å². The molecule has 0 aromatic heterocycles. The van der Waals surface area contributed by atoms with E-state index >= 15 is 0 Å². The van der Waals surface area contributed by atoms with Gasteiger partial charge in [-0.05, 0) is 19.6 Å². The molecule has 0 aromatic carbocycles. The molecular formula is C18H39N5O2. The fourth-order valence-corrected chi connectivity index (χ4v) is 3.34. The quantitative estimate of drug-likeness (QED) is 0.659. The van der Waals surface area contributed by atoms with Crippen molar-refractivity contribution in [3.63, 3.8) is 0 Å². The SMILES string of the molecule is CCN1CCN(CC)CCN(C(CN)C(=O)OC)CCN(CC)CC1. The Labute approximate surface area is 154 Å². The van der Waals surface area contributed by atoms with Gasteiger partial charge in [0.2, 0.25) is 0 Å². The predicted molar refractivity (Wildman–Crippen MR) is 103 cm³/mol. The van der Waals surface area contributed by atoms with Gasteiger partial charge in [-0.2, -0.15) is 0 Å². The summed E-state index contributed by atoms with van der Waals surface area (Å²) >= 11 is 0. The summed E-state index contributed by atoms with van der Waals surface area (Å²) in [6, 6.07) is -0.350. The van der Waals surface area contributed by atoms with E-state index in [-0.39, 0.29) is 12.0 Å². The van der Waals surface area contributed by atoms with Crippen LogP contribution >= 0.6 is 0 Å². The van der Waals surface area contributed by atoms with Crippen LogP contribution in [0.3, 0.4) is 0 Å². The number of ether oxygens (including phenoxy) is 1. The minimum Gasteiger partial charge on any atom is -0.468 e. The van der Waals surface area contributed by atoms with Crippen molar-refractivity contribution in [1.29, 1.82) is 0 Å². The number of methoxy groups -OCH3 is 1. The molecule has 0 radical (unpaired) electrons. The minimum atomic E-state index is -0.350. The molecule has 1 aliphatic heterocycles. The average Bonchev–Trinajstić information content (AvgIpc) is 2.64. The molecule has 1 atom stereocenters. The smallest absolute Gasteiger partial charge is 0.324 e. The standard InChI is InChI=1S/C18H39N5O2/c1-5-20-8-10-21(6-2)12-14-23(17(16-19)18(24)25-4)15-13-22(7-3)11-9-20/h17H,5-16,19H2,1-4H3. The molecular weight excluding hydrogens is 318 g/mol. The van der Waals surface area contributed by atoms with E-state index in [1.165, 1.54) is 7.11 Å². The van der Waals surface area contributed by atoms with E-state index in [9.17, 15) is 4.79 Å². The first-order valence-corrected chi connectivity index (χ1v) is 9.78. The first kappa shape index (κ1) is 22.3. The lowest BCUT2D eigenvalue weighted by Gasteiger charge is -2.35. The highest BCUT2D eigenvalue weighted by molar-refractivity contribution is 5.75. The van der Waals surface area contributed by atoms with E-state index in [0.29, 0.717) is 6.54 Å². The molecule has 0 aliphatic carbocycles. The van der Waals surface area contributed by atoms with Crippen LogP contribution in [-0.4, -0.2) is 117 Å². The molecule has 7 heteroatoms. The Balaban J connectivity index is 2.84. The van der Waals surface area contributed by atoms with Gasteiger partial charge in [-0.25, -0.2) is 0 Å². The Morgan fingerprint density at radius 2 is 1.20 bits per heavy atom. The normalized spacial score (nSPS) is 22.1. The predicted octanol–water partition coefficient (Wildman–Crippen LogP) is -0.232. The lowest BCUT2D eigenvalue weighted by molar-refractivity contribution is -0.146. The van der Waals surface area contributed by atoms with Crippen molar-refractivity contribution in [1.82, 2.24) is 19.6 Å². The zero-order valence-electron chi connectivity index (χ0n) is 16.7. The molecule has 1 fully saturated rings. The van der Waals surface area contributed by atoms with E-state index in [4.69, 9.17) is 10.5 Å². The monoisotopic (exact) mass is 357 g/mol. The molecule has 0 saturated carbocycles. The molecule has 1 heterocycles. The van der Waals surface area contributed by atoms with Gasteiger partial charge in [-0.15, -0.1) is 0 Å². The Bertz CT molecular complexity index is 349. The molecule has 1 rings (SSSR count). The number of carbonyl (C=O) groups is 1. The number of likely N-dealkylation sites (N-methyl/N-ethyl adjacent to an activating group) is 3. The Morgan fingerprint density at radius 3 is 1.48 bits per heavy atom. The van der Waals surface area contributed by atoms with Crippen molar-refractivity contribution in [3.8, 4) is 0 Å². The van der Waals surface area contributed by atoms with Crippen LogP contribution in [0.1, 0.15) is 20.8 Å². The maximum absolute atomic E-state index is 12.1. The zero-order chi connectivity index (χ0) is 18.7. The summed E-state index contributed by atoms with van der Waals surface area (Å²) in [7, 11) is 1.44. The summed E-state index contributed by atoms with van der Waals surface area (Å²) in [5.41, 5.74) is 5.89. The molecule has 2 N–H and O–H groups in total. The van der Waals surface area contributed by atoms with Gasteiger partial charge in [0, 0.05) is 58.9 Å². The molecule has 1 saturated heterocycles. The van der Waals surface area contributed by atoms with Crippen molar-refractivity contribution in [2.24, 2.45) is 5.73 Å². The second-order valence-electron chi connectivity index (χ2n) is 6.61. The van der Waals surface area contributed by atoms with Gasteiger partial charge < -0.3 is 25.2 Å². The van der Waals surface area contributed by atoms with E-state index in [2.05, 4.69) is 40.4 Å². The number of esters is 1. The van der Waals surface area contributed by atoms with Gasteiger partial charge in [-0.3, -0.25) is 9.69 Å². The molecule has 0 spiro atoms. The first-order chi connectivity index (χ1) is 12.1. The number of hydrogen-bond acceptors (Lipinski definition) is 7. The molecule has 148 valence electrons. The van der Waals surface area contributed by atoms with Crippen molar-refractivity contribution in [2.45, 2.75) is 26.8 Å². The van der Waals surface area contributed by atoms with Crippen LogP contribution in [0, 0.1) is 0 Å². The van der Waals surface area contributed by atoms with Crippen molar-refractivity contribution in [3.05, 3.63) is 0 Å². The van der Waals surface area contributed by atoms with Crippen LogP contribution in [0.4, 0.5) is 0 Å². The van der Waals surface area contributed by atoms with Crippen LogP contribution in [0.2, 0.25) is 0 Å². The molecule has 0 aromatic rings. The van der Waals surface area contributed by atoms with Crippen LogP contribution in [0.5, 0.6) is 0 Å². The third-order valence-electron chi connectivity index (χ3n) is 5.35. The highest BCUT2D eigenvalue weighted by Gasteiger charge is 2.26. The van der Waals surface area contributed by atoms with E-state index in [1.807, 2.05) is 0 Å². The maximum atomic E-state index is 12.1. The summed E-state index contributed by atoms with van der Waals surface area (Å²) in [5.74, 6) is -0.224. The molecule has 25 heavy (non-hydrogen) atoms. The highest BCUT2D eigenvalue weighted by Crippen LogP contribution is 2.05. The summed E-state index contributed by atoms with van der Waals surface area (Å²) in [4.78, 5) is 21.8. The third-order valence-corrected chi connectivity index (χ3v) is 5.35. The third kappa shape index (κ3) is 7.58. The number of carbonyl (C=O) groups excluding carboxylic acids is 1. The second-order valence-corrected chi connectivity index (χ2v) is 6.61. The number of nitrogens with zero attached hydrogens (tertiary/aromatic N) is 4. The number of hydrogen-bond donors (Lipinski definition) is 1. The molecule has 0 bridgehead atoms. The van der Waals surface area contributed by atoms with Gasteiger partial charge >= 0.3 is 5.97 Å². The van der Waals surface area contributed by atoms with Gasteiger partial charge in [-0.1, -0.05) is 20.8 Å². The van der Waals surface area contributed by atoms with Crippen molar-refractivity contribution in [2.75, 3.05) is 85.6 Å². The summed E-state index contributed by atoms with van der Waals surface area (Å²) < 4.78 is 4.97. The van der Waals surface area contributed by atoms with Crippen LogP contribution in [0.25, 0.3) is 0 Å². The van der Waals surface area contributed by atoms with Crippen LogP contribution in [0.15, 0.2) is 0 Å². The lowest BCUT2D eigenvalue weighted by atomic mass is 10.2. The van der Waals surface area contributed by atoms with Crippen molar-refractivity contribution < 1.29 is 9.53 Å². The van der Waals surface area contributed by atoms with E-state index in [1.54, 1.807) is 0 Å². The minimum absolute atomic E-state index is 0.224. The van der Waals surface area contributed by atoms with Crippen LogP contribution < -0.4 is 5.73 Å². The first-order valence-electron chi connectivity index (χ1n) is 9.78. The molecule has 1 aliphatic rings. The lowest BCUT2D eigenvalue weighted by Crippen LogP contribution is -2.53. The molecule has 7 nitrogen and oxygen atoms in total. The number of rotatable bonds is 6. The van der Waals surface area contributed by atoms with Gasteiger partial charge in [0.1, 0.15) is 6.04 Å². The topological polar surface area (TPSA) is 65.3 Å². The Kier molecular flexibility index (Phi) is 11.2. The summed E-state index contributed by atoms with van der Waals surface area (Å²) in [6.45, 7) is 18.0. The second kappa shape index (κ2) is 12.6. The fraction of sp³-hybridized carbons (Fsp3) is 0.944. The fourth-order valence-electron chi connectivity index (χ4n) is 3.34. The average molecular weight is 358 g/mol. The molecule has 0 amide bonds. The maximum Gasteiger partial charge on any atom is 0.324 e.